The molecule has 11 heteroatoms. The molecular formula is C58H101NO10. The van der Waals surface area contributed by atoms with Crippen LogP contribution in [0.5, 0.6) is 0 Å². The molecule has 11 nitrogen and oxygen atoms in total. The Morgan fingerprint density at radius 1 is 0.362 bits per heavy atom. The van der Waals surface area contributed by atoms with Crippen LogP contribution in [0.1, 0.15) is 272 Å². The largest absolute Gasteiger partial charge is 0.466 e. The van der Waals surface area contributed by atoms with Crippen molar-refractivity contribution in [2.45, 2.75) is 241 Å². The number of hydrogen-bond acceptors (Lipinski definition) is 11. The molecule has 0 radical (unpaired) electrons. The van der Waals surface area contributed by atoms with Gasteiger partial charge in [-0.2, -0.15) is 0 Å². The van der Waals surface area contributed by atoms with E-state index in [-0.39, 0.29) is 48.4 Å². The van der Waals surface area contributed by atoms with Gasteiger partial charge in [-0.05, 0) is 88.1 Å². The lowest BCUT2D eigenvalue weighted by Crippen LogP contribution is -2.25. The van der Waals surface area contributed by atoms with E-state index in [0.717, 1.165) is 83.8 Å². The second kappa shape index (κ2) is 44.5. The Balaban J connectivity index is 2.55. The average molecular weight is 972 g/mol. The van der Waals surface area contributed by atoms with E-state index in [4.69, 9.17) is 23.7 Å². The maximum atomic E-state index is 13.2. The van der Waals surface area contributed by atoms with E-state index in [1.54, 1.807) is 0 Å². The van der Waals surface area contributed by atoms with Crippen molar-refractivity contribution >= 4 is 29.8 Å². The summed E-state index contributed by atoms with van der Waals surface area (Å²) in [6.07, 6.45) is 31.4. The molecule has 0 aliphatic rings. The zero-order chi connectivity index (χ0) is 50.6. The van der Waals surface area contributed by atoms with Crippen molar-refractivity contribution in [1.82, 2.24) is 4.90 Å². The third kappa shape index (κ3) is 34.5. The molecule has 0 spiro atoms. The molecule has 1 aromatic carbocycles. The lowest BCUT2D eigenvalue weighted by atomic mass is 9.92. The number of benzene rings is 1. The molecule has 0 fully saturated rings. The summed E-state index contributed by atoms with van der Waals surface area (Å²) in [6.45, 7) is 17.3. The molecule has 0 aliphatic heterocycles. The van der Waals surface area contributed by atoms with Gasteiger partial charge in [0.15, 0.2) is 0 Å². The number of rotatable bonds is 47. The highest BCUT2D eigenvalue weighted by Gasteiger charge is 2.20. The molecular weight excluding hydrogens is 871 g/mol. The maximum absolute atomic E-state index is 13.2. The minimum Gasteiger partial charge on any atom is -0.466 e. The van der Waals surface area contributed by atoms with Gasteiger partial charge in [0, 0.05) is 19.4 Å². The van der Waals surface area contributed by atoms with E-state index in [9.17, 15) is 24.0 Å². The first kappa shape index (κ1) is 63.5. The van der Waals surface area contributed by atoms with E-state index in [1.165, 1.54) is 121 Å². The van der Waals surface area contributed by atoms with Crippen LogP contribution in [0.3, 0.4) is 0 Å². The van der Waals surface area contributed by atoms with Crippen molar-refractivity contribution in [3.63, 3.8) is 0 Å². The van der Waals surface area contributed by atoms with Gasteiger partial charge in [0.05, 0.1) is 49.7 Å². The summed E-state index contributed by atoms with van der Waals surface area (Å²) in [6, 6.07) is 4.25. The quantitative estimate of drug-likeness (QED) is 0.0351. The predicted molar refractivity (Wildman–Crippen MR) is 280 cm³/mol. The van der Waals surface area contributed by atoms with E-state index in [0.29, 0.717) is 57.2 Å². The molecule has 0 saturated carbocycles. The van der Waals surface area contributed by atoms with Crippen molar-refractivity contribution in [2.75, 3.05) is 52.7 Å². The smallest absolute Gasteiger partial charge is 0.338 e. The van der Waals surface area contributed by atoms with Gasteiger partial charge in [-0.15, -0.1) is 0 Å². The first-order valence-electron chi connectivity index (χ1n) is 28.3. The van der Waals surface area contributed by atoms with Gasteiger partial charge in [-0.25, -0.2) is 14.4 Å². The van der Waals surface area contributed by atoms with Crippen molar-refractivity contribution in [3.8, 4) is 0 Å². The van der Waals surface area contributed by atoms with E-state index >= 15 is 0 Å². The summed E-state index contributed by atoms with van der Waals surface area (Å²) in [5, 5.41) is 0. The van der Waals surface area contributed by atoms with Crippen LogP contribution in [0.15, 0.2) is 18.2 Å². The average Bonchev–Trinajstić information content (AvgIpc) is 3.35. The van der Waals surface area contributed by atoms with Crippen LogP contribution in [0, 0.1) is 11.8 Å². The third-order valence-corrected chi connectivity index (χ3v) is 13.3. The predicted octanol–water partition coefficient (Wildman–Crippen LogP) is 15.0. The highest BCUT2D eigenvalue weighted by Crippen LogP contribution is 2.23. The van der Waals surface area contributed by atoms with Crippen LogP contribution in [0.2, 0.25) is 0 Å². The normalized spacial score (nSPS) is 11.4. The second-order valence-corrected chi connectivity index (χ2v) is 19.4. The fraction of sp³-hybridized carbons (Fsp3) is 0.810. The van der Waals surface area contributed by atoms with Crippen molar-refractivity contribution < 1.29 is 47.7 Å². The van der Waals surface area contributed by atoms with Crippen molar-refractivity contribution in [2.24, 2.45) is 11.8 Å². The number of carbonyl (C=O) groups excluding carboxylic acids is 5. The molecule has 0 heterocycles. The lowest BCUT2D eigenvalue weighted by Gasteiger charge is -2.17. The van der Waals surface area contributed by atoms with Gasteiger partial charge in [-0.1, -0.05) is 183 Å². The fourth-order valence-corrected chi connectivity index (χ4v) is 8.78. The molecule has 0 unspecified atom stereocenters. The summed E-state index contributed by atoms with van der Waals surface area (Å²) in [7, 11) is 0. The highest BCUT2D eigenvalue weighted by atomic mass is 16.5. The van der Waals surface area contributed by atoms with Gasteiger partial charge >= 0.3 is 29.8 Å². The molecule has 0 aromatic heterocycles. The Morgan fingerprint density at radius 2 is 0.681 bits per heavy atom. The number of carbonyl (C=O) groups is 5. The van der Waals surface area contributed by atoms with Gasteiger partial charge in [0.1, 0.15) is 0 Å². The summed E-state index contributed by atoms with van der Waals surface area (Å²) in [5.41, 5.74) is 0.265. The summed E-state index contributed by atoms with van der Waals surface area (Å²) in [5.74, 6) is -0.825. The monoisotopic (exact) mass is 972 g/mol. The number of esters is 5. The van der Waals surface area contributed by atoms with Crippen LogP contribution in [0.4, 0.5) is 0 Å². The number of unbranched alkanes of at least 4 members (excludes halogenated alkanes) is 16. The Kier molecular flexibility index (Phi) is 41.0. The van der Waals surface area contributed by atoms with Gasteiger partial charge in [-0.3, -0.25) is 9.59 Å². The number of nitrogens with zero attached hydrogens (tertiary/aromatic N) is 1. The minimum atomic E-state index is -0.626. The summed E-state index contributed by atoms with van der Waals surface area (Å²) < 4.78 is 27.9. The van der Waals surface area contributed by atoms with Crippen LogP contribution >= 0.6 is 0 Å². The molecule has 1 rings (SSSR count). The Labute approximate surface area is 421 Å². The van der Waals surface area contributed by atoms with E-state index in [2.05, 4.69) is 46.4 Å². The zero-order valence-electron chi connectivity index (χ0n) is 45.0. The van der Waals surface area contributed by atoms with Gasteiger partial charge in [0.25, 0.3) is 0 Å². The molecule has 0 N–H and O–H groups in total. The van der Waals surface area contributed by atoms with Crippen molar-refractivity contribution in [1.29, 1.82) is 0 Å². The Morgan fingerprint density at radius 3 is 1.01 bits per heavy atom. The van der Waals surface area contributed by atoms with Crippen LogP contribution < -0.4 is 0 Å². The standard InChI is InChI=1S/C58H101NO10/c1-7-13-23-32-49(33-24-14-8-2)38-44-65-54(60)36-27-19-17-21-29-41-67-56(62)51-46-52(48-53(47-51)58(64)69-43-31-40-59(11-5)12-6)57(63)68-42-30-22-18-20-28-37-55(61)66-45-39-50(34-25-15-9-3)35-26-16-10-4/h46-50H,7-45H2,1-6H3. The van der Waals surface area contributed by atoms with Crippen LogP contribution in [0.25, 0.3) is 0 Å². The van der Waals surface area contributed by atoms with Gasteiger partial charge < -0.3 is 28.6 Å². The molecule has 0 amide bonds. The number of hydrogen-bond donors (Lipinski definition) is 0. The van der Waals surface area contributed by atoms with Crippen molar-refractivity contribution in [3.05, 3.63) is 34.9 Å². The minimum absolute atomic E-state index is 0.0867. The molecule has 0 bridgehead atoms. The molecule has 0 saturated heterocycles. The SMILES string of the molecule is CCCCCC(CCCCC)CCOC(=O)CCCCCCCOC(=O)c1cc(C(=O)OCCCCCCCC(=O)OCCC(CCCCC)CCCCC)cc(C(=O)OCCCN(CC)CC)c1. The fourth-order valence-electron chi connectivity index (χ4n) is 8.78. The first-order chi connectivity index (χ1) is 33.6. The van der Waals surface area contributed by atoms with Crippen LogP contribution in [-0.4, -0.2) is 87.4 Å². The zero-order valence-corrected chi connectivity index (χ0v) is 45.0. The topological polar surface area (TPSA) is 135 Å². The van der Waals surface area contributed by atoms with E-state index < -0.39 is 17.9 Å². The summed E-state index contributed by atoms with van der Waals surface area (Å²) in [4.78, 5) is 66.7. The highest BCUT2D eigenvalue weighted by molar-refractivity contribution is 6.00. The molecule has 69 heavy (non-hydrogen) atoms. The second-order valence-electron chi connectivity index (χ2n) is 19.4. The molecule has 0 aliphatic carbocycles. The first-order valence-corrected chi connectivity index (χ1v) is 28.3. The number of ether oxygens (including phenoxy) is 5. The Bertz CT molecular complexity index is 1350. The third-order valence-electron chi connectivity index (χ3n) is 13.3. The molecule has 398 valence electrons. The molecule has 1 aromatic rings. The lowest BCUT2D eigenvalue weighted by molar-refractivity contribution is -0.145. The molecule has 0 atom stereocenters. The Hall–Kier alpha value is -3.47. The van der Waals surface area contributed by atoms with Gasteiger partial charge in [0.2, 0.25) is 0 Å². The summed E-state index contributed by atoms with van der Waals surface area (Å²) >= 11 is 0. The van der Waals surface area contributed by atoms with E-state index in [1.807, 2.05) is 0 Å². The van der Waals surface area contributed by atoms with Crippen LogP contribution in [-0.2, 0) is 33.3 Å². The maximum Gasteiger partial charge on any atom is 0.338 e.